The Morgan fingerprint density at radius 1 is 1.33 bits per heavy atom. The number of aryl methyl sites for hydroxylation is 1. The van der Waals surface area contributed by atoms with Crippen molar-refractivity contribution in [1.29, 1.82) is 0 Å². The fraction of sp³-hybridized carbons (Fsp3) is 0.273. The average Bonchev–Trinajstić information content (AvgIpc) is 2.56. The van der Waals surface area contributed by atoms with Gasteiger partial charge < -0.3 is 5.73 Å². The zero-order valence-electron chi connectivity index (χ0n) is 8.94. The first-order chi connectivity index (χ1) is 7.24. The van der Waals surface area contributed by atoms with Crippen LogP contribution in [-0.2, 0) is 13.6 Å². The van der Waals surface area contributed by atoms with Crippen LogP contribution in [0.1, 0.15) is 11.4 Å². The van der Waals surface area contributed by atoms with Gasteiger partial charge in [0.2, 0.25) is 0 Å². The number of aromatic nitrogens is 3. The predicted molar refractivity (Wildman–Crippen MR) is 59.1 cm³/mol. The summed E-state index contributed by atoms with van der Waals surface area (Å²) in [5, 5.41) is 4.38. The highest BCUT2D eigenvalue weighted by atomic mass is 15.3. The SMILES string of the molecule is Cc1c(-c2ccncc2)c(CN)nn1C. The Kier molecular flexibility index (Phi) is 2.51. The van der Waals surface area contributed by atoms with Gasteiger partial charge in [0.05, 0.1) is 5.69 Å². The van der Waals surface area contributed by atoms with E-state index in [1.165, 1.54) is 0 Å². The van der Waals surface area contributed by atoms with Gasteiger partial charge in [-0.25, -0.2) is 0 Å². The molecule has 0 unspecified atom stereocenters. The van der Waals surface area contributed by atoms with Crippen LogP contribution in [0.5, 0.6) is 0 Å². The van der Waals surface area contributed by atoms with Crippen LogP contribution in [0.4, 0.5) is 0 Å². The summed E-state index contributed by atoms with van der Waals surface area (Å²) in [6.07, 6.45) is 3.56. The van der Waals surface area contributed by atoms with Crippen molar-refractivity contribution in [3.8, 4) is 11.1 Å². The lowest BCUT2D eigenvalue weighted by molar-refractivity contribution is 0.721. The summed E-state index contributed by atoms with van der Waals surface area (Å²) in [6, 6.07) is 3.95. The van der Waals surface area contributed by atoms with E-state index in [4.69, 9.17) is 5.73 Å². The van der Waals surface area contributed by atoms with Crippen molar-refractivity contribution in [2.45, 2.75) is 13.5 Å². The van der Waals surface area contributed by atoms with E-state index in [9.17, 15) is 0 Å². The van der Waals surface area contributed by atoms with Gasteiger partial charge in [0.25, 0.3) is 0 Å². The Morgan fingerprint density at radius 3 is 2.60 bits per heavy atom. The molecule has 2 aromatic rings. The molecular weight excluding hydrogens is 188 g/mol. The molecule has 4 heteroatoms. The van der Waals surface area contributed by atoms with Crippen molar-refractivity contribution in [3.63, 3.8) is 0 Å². The van der Waals surface area contributed by atoms with E-state index in [2.05, 4.69) is 10.1 Å². The normalized spacial score (nSPS) is 10.6. The molecule has 78 valence electrons. The van der Waals surface area contributed by atoms with Crippen molar-refractivity contribution >= 4 is 0 Å². The summed E-state index contributed by atoms with van der Waals surface area (Å²) >= 11 is 0. The topological polar surface area (TPSA) is 56.7 Å². The number of hydrogen-bond donors (Lipinski definition) is 1. The van der Waals surface area contributed by atoms with E-state index in [0.717, 1.165) is 22.5 Å². The molecule has 2 aromatic heterocycles. The van der Waals surface area contributed by atoms with Crippen LogP contribution in [0.15, 0.2) is 24.5 Å². The minimum Gasteiger partial charge on any atom is -0.325 e. The summed E-state index contributed by atoms with van der Waals surface area (Å²) in [5.41, 5.74) is 9.99. The van der Waals surface area contributed by atoms with Crippen LogP contribution in [-0.4, -0.2) is 14.8 Å². The van der Waals surface area contributed by atoms with Gasteiger partial charge in [-0.05, 0) is 24.6 Å². The molecule has 0 saturated heterocycles. The third kappa shape index (κ3) is 1.64. The second-order valence-corrected chi connectivity index (χ2v) is 3.47. The first-order valence-electron chi connectivity index (χ1n) is 4.87. The largest absolute Gasteiger partial charge is 0.325 e. The van der Waals surface area contributed by atoms with Crippen molar-refractivity contribution < 1.29 is 0 Å². The second kappa shape index (κ2) is 3.82. The number of pyridine rings is 1. The van der Waals surface area contributed by atoms with Gasteiger partial charge in [-0.1, -0.05) is 0 Å². The van der Waals surface area contributed by atoms with Gasteiger partial charge in [0.15, 0.2) is 0 Å². The van der Waals surface area contributed by atoms with Gasteiger partial charge in [-0.15, -0.1) is 0 Å². The lowest BCUT2D eigenvalue weighted by Crippen LogP contribution is -1.99. The number of nitrogens with two attached hydrogens (primary N) is 1. The molecule has 0 aliphatic heterocycles. The van der Waals surface area contributed by atoms with Crippen LogP contribution in [0.3, 0.4) is 0 Å². The van der Waals surface area contributed by atoms with E-state index in [0.29, 0.717) is 6.54 Å². The van der Waals surface area contributed by atoms with E-state index >= 15 is 0 Å². The van der Waals surface area contributed by atoms with Crippen LogP contribution in [0.25, 0.3) is 11.1 Å². The molecule has 0 spiro atoms. The molecule has 0 atom stereocenters. The number of rotatable bonds is 2. The van der Waals surface area contributed by atoms with Crippen molar-refractivity contribution in [1.82, 2.24) is 14.8 Å². The maximum absolute atomic E-state index is 5.68. The lowest BCUT2D eigenvalue weighted by Gasteiger charge is -2.01. The van der Waals surface area contributed by atoms with Crippen LogP contribution in [0.2, 0.25) is 0 Å². The number of hydrogen-bond acceptors (Lipinski definition) is 3. The first-order valence-corrected chi connectivity index (χ1v) is 4.87. The van der Waals surface area contributed by atoms with Gasteiger partial charge in [0.1, 0.15) is 0 Å². The Balaban J connectivity index is 2.61. The molecule has 0 aliphatic rings. The minimum atomic E-state index is 0.458. The maximum atomic E-state index is 5.68. The van der Waals surface area contributed by atoms with Gasteiger partial charge in [0, 0.05) is 37.2 Å². The second-order valence-electron chi connectivity index (χ2n) is 3.47. The zero-order chi connectivity index (χ0) is 10.8. The van der Waals surface area contributed by atoms with Crippen molar-refractivity contribution in [3.05, 3.63) is 35.9 Å². The standard InChI is InChI=1S/C11H14N4/c1-8-11(9-3-5-13-6-4-9)10(7-12)14-15(8)2/h3-6H,7,12H2,1-2H3. The molecule has 0 saturated carbocycles. The highest BCUT2D eigenvalue weighted by Crippen LogP contribution is 2.25. The summed E-state index contributed by atoms with van der Waals surface area (Å²) in [7, 11) is 1.93. The van der Waals surface area contributed by atoms with E-state index in [1.54, 1.807) is 12.4 Å². The smallest absolute Gasteiger partial charge is 0.0841 e. The monoisotopic (exact) mass is 202 g/mol. The highest BCUT2D eigenvalue weighted by Gasteiger charge is 2.12. The third-order valence-corrected chi connectivity index (χ3v) is 2.57. The Hall–Kier alpha value is -1.68. The highest BCUT2D eigenvalue weighted by molar-refractivity contribution is 5.68. The first kappa shape index (κ1) is 9.86. The Bertz CT molecular complexity index is 459. The van der Waals surface area contributed by atoms with Crippen molar-refractivity contribution in [2.24, 2.45) is 12.8 Å². The summed E-state index contributed by atoms with van der Waals surface area (Å²) in [6.45, 7) is 2.50. The maximum Gasteiger partial charge on any atom is 0.0841 e. The molecular formula is C11H14N4. The Labute approximate surface area is 88.8 Å². The fourth-order valence-corrected chi connectivity index (χ4v) is 1.71. The van der Waals surface area contributed by atoms with Crippen LogP contribution < -0.4 is 5.73 Å². The van der Waals surface area contributed by atoms with Crippen LogP contribution in [0, 0.1) is 6.92 Å². The number of nitrogens with zero attached hydrogens (tertiary/aromatic N) is 3. The molecule has 2 N–H and O–H groups in total. The molecule has 2 rings (SSSR count). The van der Waals surface area contributed by atoms with Crippen molar-refractivity contribution in [2.75, 3.05) is 0 Å². The Morgan fingerprint density at radius 2 is 2.00 bits per heavy atom. The molecule has 2 heterocycles. The van der Waals surface area contributed by atoms with Crippen LogP contribution >= 0.6 is 0 Å². The van der Waals surface area contributed by atoms with Gasteiger partial charge >= 0.3 is 0 Å². The molecule has 0 bridgehead atoms. The van der Waals surface area contributed by atoms with Gasteiger partial charge in [-0.3, -0.25) is 9.67 Å². The molecule has 0 fully saturated rings. The molecule has 0 amide bonds. The molecule has 4 nitrogen and oxygen atoms in total. The van der Waals surface area contributed by atoms with E-state index < -0.39 is 0 Å². The minimum absolute atomic E-state index is 0.458. The zero-order valence-corrected chi connectivity index (χ0v) is 8.94. The molecule has 0 aromatic carbocycles. The predicted octanol–water partition coefficient (Wildman–Crippen LogP) is 1.25. The fourth-order valence-electron chi connectivity index (χ4n) is 1.71. The molecule has 15 heavy (non-hydrogen) atoms. The quantitative estimate of drug-likeness (QED) is 0.797. The van der Waals surface area contributed by atoms with Gasteiger partial charge in [-0.2, -0.15) is 5.10 Å². The van der Waals surface area contributed by atoms with E-state index in [-0.39, 0.29) is 0 Å². The molecule has 0 radical (unpaired) electrons. The average molecular weight is 202 g/mol. The summed E-state index contributed by atoms with van der Waals surface area (Å²) < 4.78 is 1.86. The molecule has 0 aliphatic carbocycles. The lowest BCUT2D eigenvalue weighted by atomic mass is 10.1. The van der Waals surface area contributed by atoms with E-state index in [1.807, 2.05) is 30.8 Å². The summed E-state index contributed by atoms with van der Waals surface area (Å²) in [5.74, 6) is 0. The summed E-state index contributed by atoms with van der Waals surface area (Å²) in [4.78, 5) is 4.00. The third-order valence-electron chi connectivity index (χ3n) is 2.57.